The Balaban J connectivity index is 1.82. The second kappa shape index (κ2) is 6.88. The van der Waals surface area contributed by atoms with Gasteiger partial charge in [-0.15, -0.1) is 0 Å². The number of hydrogen-bond donors (Lipinski definition) is 1. The molecule has 5 nitrogen and oxygen atoms in total. The fourth-order valence-electron chi connectivity index (χ4n) is 4.29. The topological polar surface area (TPSA) is 52.7 Å². The molecule has 1 aromatic carbocycles. The number of hydrogen-bond acceptors (Lipinski definition) is 4. The van der Waals surface area contributed by atoms with Gasteiger partial charge in [0.25, 0.3) is 0 Å². The van der Waals surface area contributed by atoms with E-state index in [4.69, 9.17) is 0 Å². The van der Waals surface area contributed by atoms with Crippen LogP contribution in [-0.2, 0) is 15.0 Å². The van der Waals surface area contributed by atoms with Crippen molar-refractivity contribution in [1.29, 1.82) is 0 Å². The minimum atomic E-state index is -0.238. The normalized spacial score (nSPS) is 24.1. The van der Waals surface area contributed by atoms with Crippen molar-refractivity contribution < 1.29 is 9.59 Å². The first kappa shape index (κ1) is 18.6. The number of nitrogens with zero attached hydrogens (tertiary/aromatic N) is 2. The predicted octanol–water partition coefficient (Wildman–Crippen LogP) is 2.32. The molecule has 1 aromatic rings. The zero-order valence-corrected chi connectivity index (χ0v) is 16.4. The van der Waals surface area contributed by atoms with Crippen LogP contribution in [0.3, 0.4) is 0 Å². The lowest BCUT2D eigenvalue weighted by molar-refractivity contribution is -0.132. The van der Waals surface area contributed by atoms with E-state index < -0.39 is 0 Å². The number of likely N-dealkylation sites (N-methyl/N-ethyl adjacent to an activating group) is 1. The summed E-state index contributed by atoms with van der Waals surface area (Å²) in [6.45, 7) is 9.94. The molecule has 0 radical (unpaired) electrons. The van der Waals surface area contributed by atoms with E-state index in [0.29, 0.717) is 13.1 Å². The van der Waals surface area contributed by atoms with Crippen LogP contribution in [0.1, 0.15) is 33.3 Å². The maximum atomic E-state index is 12.9. The minimum absolute atomic E-state index is 0.0254. The van der Waals surface area contributed by atoms with E-state index in [9.17, 15) is 9.59 Å². The molecular weight excluding hydrogens is 326 g/mol. The highest BCUT2D eigenvalue weighted by atomic mass is 16.2. The van der Waals surface area contributed by atoms with Crippen LogP contribution in [0.4, 0.5) is 5.69 Å². The number of carbonyl (C=O) groups is 2. The fourth-order valence-corrected chi connectivity index (χ4v) is 4.29. The van der Waals surface area contributed by atoms with Crippen molar-refractivity contribution in [3.8, 4) is 0 Å². The number of anilines is 1. The molecule has 1 saturated heterocycles. The third-order valence-corrected chi connectivity index (χ3v) is 5.59. The van der Waals surface area contributed by atoms with Gasteiger partial charge in [0, 0.05) is 43.0 Å². The number of rotatable bonds is 4. The lowest BCUT2D eigenvalue weighted by atomic mass is 9.83. The molecule has 1 amide bonds. The van der Waals surface area contributed by atoms with Gasteiger partial charge in [0.05, 0.1) is 12.6 Å². The zero-order valence-electron chi connectivity index (χ0n) is 16.4. The van der Waals surface area contributed by atoms with Gasteiger partial charge in [-0.05, 0) is 17.5 Å². The summed E-state index contributed by atoms with van der Waals surface area (Å²) in [6, 6.07) is 8.04. The van der Waals surface area contributed by atoms with E-state index in [1.807, 2.05) is 37.9 Å². The van der Waals surface area contributed by atoms with Gasteiger partial charge in [0.15, 0.2) is 5.78 Å². The Morgan fingerprint density at radius 1 is 1.35 bits per heavy atom. The average molecular weight is 355 g/mol. The summed E-state index contributed by atoms with van der Waals surface area (Å²) in [4.78, 5) is 29.2. The van der Waals surface area contributed by atoms with Crippen molar-refractivity contribution in [2.75, 3.05) is 31.6 Å². The van der Waals surface area contributed by atoms with Crippen molar-refractivity contribution in [3.63, 3.8) is 0 Å². The highest BCUT2D eigenvalue weighted by molar-refractivity contribution is 5.94. The number of benzene rings is 1. The van der Waals surface area contributed by atoms with Gasteiger partial charge in [-0.3, -0.25) is 14.5 Å². The maximum Gasteiger partial charge on any atom is 0.237 e. The maximum absolute atomic E-state index is 12.9. The number of amides is 1. The first-order chi connectivity index (χ1) is 12.2. The van der Waals surface area contributed by atoms with Crippen LogP contribution >= 0.6 is 0 Å². The van der Waals surface area contributed by atoms with Crippen LogP contribution in [0.2, 0.25) is 0 Å². The molecule has 1 atom stereocenters. The molecule has 3 rings (SSSR count). The van der Waals surface area contributed by atoms with Gasteiger partial charge in [-0.2, -0.15) is 0 Å². The Morgan fingerprint density at radius 3 is 2.69 bits per heavy atom. The molecule has 2 aliphatic rings. The first-order valence-corrected chi connectivity index (χ1v) is 9.33. The van der Waals surface area contributed by atoms with E-state index >= 15 is 0 Å². The minimum Gasteiger partial charge on any atom is -0.353 e. The molecule has 0 spiro atoms. The smallest absolute Gasteiger partial charge is 0.237 e. The molecular formula is C21H29N3O2. The SMILES string of the molecule is CC(C)C1C(=O)NCCN1CC(=O)/C=C1/N(C)c2ccccc2C1(C)C. The molecule has 140 valence electrons. The Morgan fingerprint density at radius 2 is 2.04 bits per heavy atom. The summed E-state index contributed by atoms with van der Waals surface area (Å²) < 4.78 is 0. The van der Waals surface area contributed by atoms with E-state index in [0.717, 1.165) is 11.4 Å². The van der Waals surface area contributed by atoms with Gasteiger partial charge in [-0.25, -0.2) is 0 Å². The van der Waals surface area contributed by atoms with Crippen LogP contribution in [0.15, 0.2) is 36.0 Å². The predicted molar refractivity (Wildman–Crippen MR) is 104 cm³/mol. The standard InChI is InChI=1S/C21H29N3O2/c1-14(2)19-20(26)22-10-11-24(19)13-15(25)12-18-21(3,4)16-8-6-7-9-17(16)23(18)5/h6-9,12,14,19H,10-11,13H2,1-5H3,(H,22,26)/b18-12+. The summed E-state index contributed by atoms with van der Waals surface area (Å²) in [5, 5.41) is 2.91. The molecule has 1 N–H and O–H groups in total. The molecule has 0 bridgehead atoms. The highest BCUT2D eigenvalue weighted by Crippen LogP contribution is 2.46. The molecule has 1 unspecified atom stereocenters. The summed E-state index contributed by atoms with van der Waals surface area (Å²) in [6.07, 6.45) is 1.77. The van der Waals surface area contributed by atoms with Gasteiger partial charge in [0.2, 0.25) is 5.91 Å². The number of nitrogens with one attached hydrogen (secondary N) is 1. The highest BCUT2D eigenvalue weighted by Gasteiger charge is 2.39. The molecule has 26 heavy (non-hydrogen) atoms. The molecule has 0 aromatic heterocycles. The van der Waals surface area contributed by atoms with Crippen LogP contribution in [-0.4, -0.2) is 49.3 Å². The number of carbonyl (C=O) groups excluding carboxylic acids is 2. The monoisotopic (exact) mass is 355 g/mol. The number of piperazine rings is 1. The molecule has 5 heteroatoms. The van der Waals surface area contributed by atoms with Gasteiger partial charge in [0.1, 0.15) is 0 Å². The Kier molecular flexibility index (Phi) is 4.93. The van der Waals surface area contributed by atoms with Crippen LogP contribution in [0, 0.1) is 5.92 Å². The van der Waals surface area contributed by atoms with Crippen LogP contribution in [0.5, 0.6) is 0 Å². The van der Waals surface area contributed by atoms with Gasteiger partial charge < -0.3 is 10.2 Å². The van der Waals surface area contributed by atoms with E-state index in [1.165, 1.54) is 5.56 Å². The number of allylic oxidation sites excluding steroid dienone is 1. The second-order valence-corrected chi connectivity index (χ2v) is 8.15. The number of para-hydroxylation sites is 1. The summed E-state index contributed by atoms with van der Waals surface area (Å²) in [5.74, 6) is 0.246. The van der Waals surface area contributed by atoms with E-state index in [2.05, 4.69) is 36.2 Å². The van der Waals surface area contributed by atoms with E-state index in [-0.39, 0.29) is 35.6 Å². The molecule has 0 saturated carbocycles. The molecule has 2 heterocycles. The summed E-state index contributed by atoms with van der Waals surface area (Å²) in [5.41, 5.74) is 3.18. The Labute approximate surface area is 156 Å². The molecule has 2 aliphatic heterocycles. The van der Waals surface area contributed by atoms with Crippen LogP contribution < -0.4 is 10.2 Å². The summed E-state index contributed by atoms with van der Waals surface area (Å²) in [7, 11) is 2.01. The second-order valence-electron chi connectivity index (χ2n) is 8.15. The zero-order chi connectivity index (χ0) is 19.1. The average Bonchev–Trinajstić information content (AvgIpc) is 2.76. The van der Waals surface area contributed by atoms with Gasteiger partial charge >= 0.3 is 0 Å². The largest absolute Gasteiger partial charge is 0.353 e. The quantitative estimate of drug-likeness (QED) is 0.842. The summed E-state index contributed by atoms with van der Waals surface area (Å²) >= 11 is 0. The lowest BCUT2D eigenvalue weighted by Crippen LogP contribution is -2.58. The van der Waals surface area contributed by atoms with Crippen molar-refractivity contribution in [2.24, 2.45) is 5.92 Å². The lowest BCUT2D eigenvalue weighted by Gasteiger charge is -2.36. The van der Waals surface area contributed by atoms with Crippen molar-refractivity contribution >= 4 is 17.4 Å². The Bertz CT molecular complexity index is 751. The van der Waals surface area contributed by atoms with Crippen LogP contribution in [0.25, 0.3) is 0 Å². The Hall–Kier alpha value is -2.14. The van der Waals surface area contributed by atoms with Crippen molar-refractivity contribution in [2.45, 2.75) is 39.2 Å². The van der Waals surface area contributed by atoms with Crippen molar-refractivity contribution in [3.05, 3.63) is 41.6 Å². The van der Waals surface area contributed by atoms with Gasteiger partial charge in [-0.1, -0.05) is 45.9 Å². The first-order valence-electron chi connectivity index (χ1n) is 9.33. The molecule has 1 fully saturated rings. The number of fused-ring (bicyclic) bond motifs is 1. The van der Waals surface area contributed by atoms with Crippen molar-refractivity contribution in [1.82, 2.24) is 10.2 Å². The van der Waals surface area contributed by atoms with E-state index in [1.54, 1.807) is 6.08 Å². The molecule has 0 aliphatic carbocycles. The third kappa shape index (κ3) is 3.16. The fraction of sp³-hybridized carbons (Fsp3) is 0.524. The third-order valence-electron chi connectivity index (χ3n) is 5.59. The number of ketones is 1.